The lowest BCUT2D eigenvalue weighted by Gasteiger charge is -2.14. The molecule has 129 heavy (non-hydrogen) atoms. The molecule has 6 heterocycles. The molecule has 0 saturated carbocycles. The Kier molecular flexibility index (Phi) is 21.4. The van der Waals surface area contributed by atoms with Gasteiger partial charge in [-0.2, -0.15) is 0 Å². The number of amides is 12. The molecule has 0 bridgehead atoms. The van der Waals surface area contributed by atoms with Crippen LogP contribution in [0.4, 0.5) is 34.1 Å². The van der Waals surface area contributed by atoms with E-state index in [1.165, 1.54) is 242 Å². The average molecular weight is 1780 g/mol. The zero-order valence-electron chi connectivity index (χ0n) is 68.0. The highest BCUT2D eigenvalue weighted by molar-refractivity contribution is 7.92. The van der Waals surface area contributed by atoms with Crippen LogP contribution in [0.2, 0.25) is 0 Å². The molecule has 33 heteroatoms. The number of imide groups is 6. The summed E-state index contributed by atoms with van der Waals surface area (Å²) in [5.74, 6) is -9.68. The van der Waals surface area contributed by atoms with Crippen LogP contribution in [0.5, 0.6) is 0 Å². The normalized spacial score (nSPS) is 14.3. The second-order valence-electron chi connectivity index (χ2n) is 30.1. The summed E-state index contributed by atoms with van der Waals surface area (Å²) in [5.41, 5.74) is 2.55. The van der Waals surface area contributed by atoms with Crippen molar-refractivity contribution in [3.05, 3.63) is 355 Å². The fraction of sp³-hybridized carbons (Fsp3) is 0.0625. The minimum Gasteiger partial charge on any atom is -0.295 e. The summed E-state index contributed by atoms with van der Waals surface area (Å²) in [6, 6.07) is 56.9. The molecule has 18 rings (SSSR count). The maximum Gasteiger partial charge on any atom is 0.266 e. The molecule has 0 N–H and O–H groups in total. The third-order valence-corrected chi connectivity index (χ3v) is 27.4. The third kappa shape index (κ3) is 14.7. The van der Waals surface area contributed by atoms with Crippen LogP contribution < -0.4 is 29.4 Å². The predicted molar refractivity (Wildman–Crippen MR) is 461 cm³/mol. The first kappa shape index (κ1) is 85.9. The number of carbonyl (C=O) groups is 18. The van der Waals surface area contributed by atoms with Crippen LogP contribution in [0, 0.1) is 0 Å². The molecule has 0 radical (unpaired) electrons. The van der Waals surface area contributed by atoms with Crippen LogP contribution >= 0.6 is 0 Å². The van der Waals surface area contributed by atoms with Gasteiger partial charge in [0, 0.05) is 33.4 Å². The zero-order chi connectivity index (χ0) is 92.4. The number of anilines is 6. The summed E-state index contributed by atoms with van der Waals surface area (Å²) in [6.07, 6.45) is 0. The van der Waals surface area contributed by atoms with Gasteiger partial charge in [-0.25, -0.2) is 54.7 Å². The van der Waals surface area contributed by atoms with E-state index in [2.05, 4.69) is 0 Å². The van der Waals surface area contributed by atoms with Crippen molar-refractivity contribution in [1.29, 1.82) is 0 Å². The van der Waals surface area contributed by atoms with Crippen molar-refractivity contribution < 1.29 is 112 Å². The molecule has 0 fully saturated rings. The molecule has 12 amide bonds. The van der Waals surface area contributed by atoms with E-state index in [-0.39, 0.29) is 165 Å². The predicted octanol–water partition coefficient (Wildman–Crippen LogP) is 13.6. The molecular weight excluding hydrogens is 1720 g/mol. The van der Waals surface area contributed by atoms with Crippen molar-refractivity contribution >= 4 is 169 Å². The summed E-state index contributed by atoms with van der Waals surface area (Å²) < 4.78 is 81.9. The molecule has 6 aliphatic heterocycles. The number of hydrogen-bond acceptors (Lipinski definition) is 24. The van der Waals surface area contributed by atoms with Gasteiger partial charge in [0.25, 0.3) is 70.9 Å². The third-order valence-electron chi connectivity index (χ3n) is 22.1. The van der Waals surface area contributed by atoms with Crippen LogP contribution in [-0.4, -0.2) is 131 Å². The molecule has 0 saturated heterocycles. The lowest BCUT2D eigenvalue weighted by molar-refractivity contribution is 0.0910. The molecule has 30 nitrogen and oxygen atoms in total. The fourth-order valence-corrected chi connectivity index (χ4v) is 19.2. The number of Topliss-reactive ketones (excluding diaryl/α,β-unsaturated/α-hetero) is 6. The second kappa shape index (κ2) is 32.2. The SMILES string of the molecule is CC(=O)c1ccc(N2C(=O)c3ccc(S(=O)(=O)c4ccc5c(c4)C(=O)N(c4ccc(C(C)=O)cc4)C5=O)cc3C2=O)cc1.CC(=O)c1ccc(N2C(=O)c3ccc(S(=O)(=O)c4ccc5c(c4)C(=O)N(c4cccc(C(C)=O)c4)C5=O)cc3C2=O)cc1.CC(=O)c1cccc(N2C(=O)c3ccc(S(=O)(=O)c4ccc5c(c4)C(=O)N(c4cccc(C(C)=O)c4)C5=O)cc3C2=O)c1. The molecule has 0 unspecified atom stereocenters. The second-order valence-corrected chi connectivity index (χ2v) is 35.9. The number of rotatable bonds is 18. The molecular formula is C96H60N6O24S3. The van der Waals surface area contributed by atoms with Gasteiger partial charge in [-0.3, -0.25) is 86.3 Å². The fourth-order valence-electron chi connectivity index (χ4n) is 15.3. The molecule has 0 spiro atoms. The van der Waals surface area contributed by atoms with E-state index in [1.54, 1.807) is 18.2 Å². The number of nitrogens with zero attached hydrogens (tertiary/aromatic N) is 6. The van der Waals surface area contributed by atoms with Crippen LogP contribution in [0.25, 0.3) is 0 Å². The van der Waals surface area contributed by atoms with Gasteiger partial charge in [-0.15, -0.1) is 0 Å². The first-order valence-corrected chi connectivity index (χ1v) is 43.2. The summed E-state index contributed by atoms with van der Waals surface area (Å²) in [5, 5.41) is 0. The average Bonchev–Trinajstić information content (AvgIpc) is 1.61. The maximum absolute atomic E-state index is 13.7. The molecule has 0 atom stereocenters. The van der Waals surface area contributed by atoms with Gasteiger partial charge in [-0.05, 0) is 260 Å². The standard InChI is InChI=1S/3C32H20N2O8S/c1-17(35)19-3-7-21(8-4-19)33-29(37)25-13-11-23(15-27(25)31(33)39)43(41,42)24-12-14-26-28(16-24)32(40)34(30(26)38)22-9-5-20(6-10-22)18(2)36;1-17(35)19-5-3-7-21(13-19)33-29(37)25-11-9-23(15-27(25)31(33)39)43(41,42)24-10-12-26-28(16-24)32(40)34(30(26)38)22-8-4-6-20(14-22)18(2)36;1-17(35)19-6-8-21(9-7-19)33-29(37)25-12-10-23(15-27(25)31(33)39)43(41,42)24-11-13-26-28(16-24)32(40)34(30(26)38)22-5-3-4-20(14-22)18(2)36/h3*3-16H,1-2H3. The summed E-state index contributed by atoms with van der Waals surface area (Å²) in [6.45, 7) is 8.22. The van der Waals surface area contributed by atoms with E-state index in [0.717, 1.165) is 65.8 Å². The van der Waals surface area contributed by atoms with Gasteiger partial charge in [0.1, 0.15) is 0 Å². The van der Waals surface area contributed by atoms with Gasteiger partial charge in [0.15, 0.2) is 34.7 Å². The number of ketones is 6. The minimum absolute atomic E-state index is 0.00154. The van der Waals surface area contributed by atoms with Gasteiger partial charge >= 0.3 is 0 Å². The van der Waals surface area contributed by atoms with Crippen molar-refractivity contribution in [2.24, 2.45) is 0 Å². The van der Waals surface area contributed by atoms with Crippen LogP contribution in [0.15, 0.2) is 284 Å². The summed E-state index contributed by atoms with van der Waals surface area (Å²) in [7, 11) is -12.9. The Morgan fingerprint density at radius 1 is 0.171 bits per heavy atom. The van der Waals surface area contributed by atoms with Gasteiger partial charge in [0.2, 0.25) is 29.5 Å². The first-order chi connectivity index (χ1) is 61.2. The highest BCUT2D eigenvalue weighted by atomic mass is 32.2. The Morgan fingerprint density at radius 2 is 0.326 bits per heavy atom. The Bertz CT molecular complexity index is 7380. The van der Waals surface area contributed by atoms with Gasteiger partial charge in [-0.1, -0.05) is 36.4 Å². The molecule has 0 aliphatic carbocycles. The quantitative estimate of drug-likeness (QED) is 0.0568. The van der Waals surface area contributed by atoms with E-state index in [1.807, 2.05) is 0 Å². The van der Waals surface area contributed by atoms with E-state index >= 15 is 0 Å². The minimum atomic E-state index is -4.32. The number of sulfone groups is 3. The Hall–Kier alpha value is -16.7. The van der Waals surface area contributed by atoms with Gasteiger partial charge < -0.3 is 0 Å². The smallest absolute Gasteiger partial charge is 0.266 e. The largest absolute Gasteiger partial charge is 0.295 e. The van der Waals surface area contributed by atoms with Crippen LogP contribution in [0.1, 0.15) is 228 Å². The van der Waals surface area contributed by atoms with Crippen molar-refractivity contribution in [2.75, 3.05) is 29.4 Å². The highest BCUT2D eigenvalue weighted by Crippen LogP contribution is 2.41. The van der Waals surface area contributed by atoms with E-state index in [9.17, 15) is 112 Å². The Labute approximate surface area is 731 Å². The number of hydrogen-bond donors (Lipinski definition) is 0. The number of benzene rings is 12. The zero-order valence-corrected chi connectivity index (χ0v) is 70.4. The molecule has 12 aromatic rings. The summed E-state index contributed by atoms with van der Waals surface area (Å²) >= 11 is 0. The molecule has 0 aromatic heterocycles. The van der Waals surface area contributed by atoms with E-state index < -0.39 is 100 Å². The topological polar surface area (TPSA) is 429 Å². The van der Waals surface area contributed by atoms with Gasteiger partial charge in [0.05, 0.1) is 130 Å². The number of carbonyl (C=O) groups excluding carboxylic acids is 18. The molecule has 636 valence electrons. The monoisotopic (exact) mass is 1780 g/mol. The molecule has 12 aromatic carbocycles. The summed E-state index contributed by atoms with van der Waals surface area (Å²) in [4.78, 5) is 232. The van der Waals surface area contributed by atoms with Crippen molar-refractivity contribution in [3.8, 4) is 0 Å². The maximum atomic E-state index is 13.7. The highest BCUT2D eigenvalue weighted by Gasteiger charge is 2.46. The Balaban J connectivity index is 0.000000142. The molecule has 6 aliphatic rings. The number of fused-ring (bicyclic) bond motifs is 6. The van der Waals surface area contributed by atoms with Crippen molar-refractivity contribution in [1.82, 2.24) is 0 Å². The van der Waals surface area contributed by atoms with Crippen molar-refractivity contribution in [2.45, 2.75) is 70.9 Å². The van der Waals surface area contributed by atoms with Crippen LogP contribution in [-0.2, 0) is 29.5 Å². The first-order valence-electron chi connectivity index (χ1n) is 38.8. The lowest BCUT2D eigenvalue weighted by Crippen LogP contribution is -2.29. The van der Waals surface area contributed by atoms with E-state index in [0.29, 0.717) is 33.4 Å². The van der Waals surface area contributed by atoms with Crippen LogP contribution in [0.3, 0.4) is 0 Å². The Morgan fingerprint density at radius 3 is 0.488 bits per heavy atom. The lowest BCUT2D eigenvalue weighted by atomic mass is 10.1. The van der Waals surface area contributed by atoms with Crippen molar-refractivity contribution in [3.63, 3.8) is 0 Å². The van der Waals surface area contributed by atoms with E-state index in [4.69, 9.17) is 0 Å².